The molecule has 3 rings (SSSR count). The minimum Gasteiger partial charge on any atom is -0.497 e. The molecule has 2 N–H and O–H groups in total. The smallest absolute Gasteiger partial charge is 0.319 e. The minimum absolute atomic E-state index is 0.113. The second kappa shape index (κ2) is 7.21. The maximum atomic E-state index is 13.0. The van der Waals surface area contributed by atoms with Gasteiger partial charge in [0, 0.05) is 30.4 Å². The van der Waals surface area contributed by atoms with Crippen LogP contribution in [0.2, 0.25) is 0 Å². The molecule has 1 aliphatic heterocycles. The van der Waals surface area contributed by atoms with Crippen LogP contribution in [0.1, 0.15) is 6.42 Å². The van der Waals surface area contributed by atoms with Gasteiger partial charge in [-0.3, -0.25) is 4.79 Å². The largest absolute Gasteiger partial charge is 0.497 e. The number of anilines is 2. The van der Waals surface area contributed by atoms with Gasteiger partial charge in [-0.25, -0.2) is 9.18 Å². The molecule has 1 fully saturated rings. The standard InChI is InChI=1S/C18H18FN3O3/c1-25-16-4-2-3-13(9-16)20-18(24)21-14-10-17(23)22(11-14)15-7-5-12(19)6-8-15/h2-9,14H,10-11H2,1H3,(H2,20,21,24)/t14-/m0/s1. The first kappa shape index (κ1) is 16.8. The number of hydrogen-bond acceptors (Lipinski definition) is 3. The Morgan fingerprint density at radius 1 is 1.24 bits per heavy atom. The normalized spacial score (nSPS) is 16.6. The van der Waals surface area contributed by atoms with Crippen LogP contribution in [0.3, 0.4) is 0 Å². The van der Waals surface area contributed by atoms with E-state index in [2.05, 4.69) is 10.6 Å². The fraction of sp³-hybridized carbons (Fsp3) is 0.222. The van der Waals surface area contributed by atoms with Gasteiger partial charge >= 0.3 is 6.03 Å². The molecule has 1 heterocycles. The van der Waals surface area contributed by atoms with Crippen molar-refractivity contribution in [3.63, 3.8) is 0 Å². The molecule has 25 heavy (non-hydrogen) atoms. The molecule has 3 amide bonds. The number of amides is 3. The van der Waals surface area contributed by atoms with Gasteiger partial charge in [0.2, 0.25) is 5.91 Å². The van der Waals surface area contributed by atoms with Crippen molar-refractivity contribution in [3.8, 4) is 5.75 Å². The lowest BCUT2D eigenvalue weighted by Gasteiger charge is -2.17. The van der Waals surface area contributed by atoms with Crippen molar-refractivity contribution in [1.29, 1.82) is 0 Å². The zero-order valence-electron chi connectivity index (χ0n) is 13.7. The van der Waals surface area contributed by atoms with Gasteiger partial charge in [-0.05, 0) is 36.4 Å². The van der Waals surface area contributed by atoms with Crippen LogP contribution in [0.5, 0.6) is 5.75 Å². The Hall–Kier alpha value is -3.09. The third kappa shape index (κ3) is 4.06. The Balaban J connectivity index is 1.59. The molecule has 7 heteroatoms. The summed E-state index contributed by atoms with van der Waals surface area (Å²) in [7, 11) is 1.55. The summed E-state index contributed by atoms with van der Waals surface area (Å²) in [6.45, 7) is 0.343. The molecule has 0 aromatic heterocycles. The number of urea groups is 1. The fourth-order valence-corrected chi connectivity index (χ4v) is 2.73. The lowest BCUT2D eigenvalue weighted by Crippen LogP contribution is -2.39. The van der Waals surface area contributed by atoms with Crippen molar-refractivity contribution in [2.45, 2.75) is 12.5 Å². The Bertz CT molecular complexity index is 779. The van der Waals surface area contributed by atoms with E-state index in [1.54, 1.807) is 43.5 Å². The number of carbonyl (C=O) groups is 2. The second-order valence-corrected chi connectivity index (χ2v) is 5.71. The van der Waals surface area contributed by atoms with E-state index in [9.17, 15) is 14.0 Å². The van der Waals surface area contributed by atoms with Gasteiger partial charge in [0.1, 0.15) is 11.6 Å². The lowest BCUT2D eigenvalue weighted by atomic mass is 10.2. The number of nitrogens with zero attached hydrogens (tertiary/aromatic N) is 1. The SMILES string of the molecule is COc1cccc(NC(=O)N[C@H]2CC(=O)N(c3ccc(F)cc3)C2)c1. The highest BCUT2D eigenvalue weighted by Gasteiger charge is 2.31. The van der Waals surface area contributed by atoms with Crippen molar-refractivity contribution < 1.29 is 18.7 Å². The van der Waals surface area contributed by atoms with Gasteiger partial charge in [0.05, 0.1) is 13.2 Å². The van der Waals surface area contributed by atoms with E-state index in [4.69, 9.17) is 4.74 Å². The summed E-state index contributed by atoms with van der Waals surface area (Å²) in [4.78, 5) is 25.8. The molecule has 130 valence electrons. The first-order chi connectivity index (χ1) is 12.0. The van der Waals surface area contributed by atoms with E-state index in [-0.39, 0.29) is 24.2 Å². The summed E-state index contributed by atoms with van der Waals surface area (Å²) in [5, 5.41) is 5.49. The summed E-state index contributed by atoms with van der Waals surface area (Å²) < 4.78 is 18.1. The van der Waals surface area contributed by atoms with Gasteiger partial charge in [-0.1, -0.05) is 6.07 Å². The average molecular weight is 343 g/mol. The van der Waals surface area contributed by atoms with Crippen LogP contribution in [-0.4, -0.2) is 31.6 Å². The fourth-order valence-electron chi connectivity index (χ4n) is 2.73. The number of methoxy groups -OCH3 is 1. The molecule has 0 saturated carbocycles. The zero-order valence-corrected chi connectivity index (χ0v) is 13.7. The number of rotatable bonds is 4. The number of ether oxygens (including phenoxy) is 1. The molecule has 2 aromatic rings. The maximum Gasteiger partial charge on any atom is 0.319 e. The molecular formula is C18H18FN3O3. The summed E-state index contributed by atoms with van der Waals surface area (Å²) in [6.07, 6.45) is 0.197. The third-order valence-corrected chi connectivity index (χ3v) is 3.93. The van der Waals surface area contributed by atoms with Crippen LogP contribution in [0, 0.1) is 5.82 Å². The number of halogens is 1. The minimum atomic E-state index is -0.396. The van der Waals surface area contributed by atoms with Gasteiger partial charge in [-0.2, -0.15) is 0 Å². The highest BCUT2D eigenvalue weighted by atomic mass is 19.1. The summed E-state index contributed by atoms with van der Waals surface area (Å²) in [5.74, 6) is 0.164. The molecule has 0 bridgehead atoms. The van der Waals surface area contributed by atoms with Crippen molar-refractivity contribution in [3.05, 3.63) is 54.3 Å². The van der Waals surface area contributed by atoms with Crippen LogP contribution in [0.15, 0.2) is 48.5 Å². The molecule has 0 aliphatic carbocycles. The highest BCUT2D eigenvalue weighted by molar-refractivity contribution is 5.97. The molecule has 0 unspecified atom stereocenters. The number of benzene rings is 2. The van der Waals surface area contributed by atoms with Gasteiger partial charge in [0.15, 0.2) is 0 Å². The van der Waals surface area contributed by atoms with Crippen molar-refractivity contribution >= 4 is 23.3 Å². The predicted octanol–water partition coefficient (Wildman–Crippen LogP) is 2.76. The topological polar surface area (TPSA) is 70.7 Å². The van der Waals surface area contributed by atoms with E-state index in [0.717, 1.165) is 0 Å². The Labute approximate surface area is 144 Å². The van der Waals surface area contributed by atoms with E-state index in [1.165, 1.54) is 17.0 Å². The summed E-state index contributed by atoms with van der Waals surface area (Å²) in [6, 6.07) is 12.0. The predicted molar refractivity (Wildman–Crippen MR) is 92.3 cm³/mol. The highest BCUT2D eigenvalue weighted by Crippen LogP contribution is 2.22. The first-order valence-corrected chi connectivity index (χ1v) is 7.82. The van der Waals surface area contributed by atoms with Crippen molar-refractivity contribution in [2.75, 3.05) is 23.9 Å². The van der Waals surface area contributed by atoms with Gasteiger partial charge in [0.25, 0.3) is 0 Å². The van der Waals surface area contributed by atoms with E-state index in [1.807, 2.05) is 0 Å². The molecule has 1 atom stereocenters. The lowest BCUT2D eigenvalue weighted by molar-refractivity contribution is -0.117. The molecule has 6 nitrogen and oxygen atoms in total. The number of carbonyl (C=O) groups excluding carboxylic acids is 2. The monoisotopic (exact) mass is 343 g/mol. The van der Waals surface area contributed by atoms with Crippen LogP contribution >= 0.6 is 0 Å². The molecule has 0 radical (unpaired) electrons. The Morgan fingerprint density at radius 3 is 2.72 bits per heavy atom. The Morgan fingerprint density at radius 2 is 2.00 bits per heavy atom. The van der Waals surface area contributed by atoms with E-state index in [0.29, 0.717) is 23.7 Å². The van der Waals surface area contributed by atoms with Crippen LogP contribution in [0.25, 0.3) is 0 Å². The molecule has 2 aromatic carbocycles. The third-order valence-electron chi connectivity index (χ3n) is 3.93. The van der Waals surface area contributed by atoms with Gasteiger partial charge < -0.3 is 20.3 Å². The zero-order chi connectivity index (χ0) is 17.8. The summed E-state index contributed by atoms with van der Waals surface area (Å²) >= 11 is 0. The number of hydrogen-bond donors (Lipinski definition) is 2. The summed E-state index contributed by atoms with van der Waals surface area (Å²) in [5.41, 5.74) is 1.21. The van der Waals surface area contributed by atoms with E-state index >= 15 is 0 Å². The molecule has 1 saturated heterocycles. The second-order valence-electron chi connectivity index (χ2n) is 5.71. The number of nitrogens with one attached hydrogen (secondary N) is 2. The first-order valence-electron chi connectivity index (χ1n) is 7.82. The van der Waals surface area contributed by atoms with Crippen LogP contribution < -0.4 is 20.3 Å². The quantitative estimate of drug-likeness (QED) is 0.897. The maximum absolute atomic E-state index is 13.0. The molecular weight excluding hydrogens is 325 g/mol. The van der Waals surface area contributed by atoms with Crippen molar-refractivity contribution in [2.24, 2.45) is 0 Å². The Kier molecular flexibility index (Phi) is 4.83. The van der Waals surface area contributed by atoms with Crippen LogP contribution in [-0.2, 0) is 4.79 Å². The molecule has 1 aliphatic rings. The molecule has 0 spiro atoms. The average Bonchev–Trinajstić information content (AvgIpc) is 2.95. The van der Waals surface area contributed by atoms with Crippen molar-refractivity contribution in [1.82, 2.24) is 5.32 Å². The van der Waals surface area contributed by atoms with E-state index < -0.39 is 6.03 Å². The van der Waals surface area contributed by atoms with Gasteiger partial charge in [-0.15, -0.1) is 0 Å². The van der Waals surface area contributed by atoms with Crippen LogP contribution in [0.4, 0.5) is 20.6 Å².